The Morgan fingerprint density at radius 1 is 1.18 bits per heavy atom. The Balaban J connectivity index is 0.00000140. The largest absolute Gasteiger partial charge is 0.328 e. The van der Waals surface area contributed by atoms with Crippen LogP contribution in [0.3, 0.4) is 0 Å². The molecule has 0 aromatic carbocycles. The van der Waals surface area contributed by atoms with E-state index in [-0.39, 0.29) is 42.7 Å². The standard InChI is InChI=1S/C19H24ClN5O.2ClH/c20-16-11-22-18(24-19(26)12-4-3-5-13(21)8-12)9-14(16)15-10-23-25-7-2-1-6-17(15)25;;/h9-13H,1-8,21H2,(H,22,24,26);2*1H/t12-,13+;;/m0../s1. The van der Waals surface area contributed by atoms with Crippen LogP contribution < -0.4 is 11.1 Å². The van der Waals surface area contributed by atoms with Crippen molar-refractivity contribution < 1.29 is 4.79 Å². The van der Waals surface area contributed by atoms with E-state index in [2.05, 4.69) is 20.1 Å². The first kappa shape index (κ1) is 22.9. The Bertz CT molecular complexity index is 826. The summed E-state index contributed by atoms with van der Waals surface area (Å²) in [6.45, 7) is 0.948. The first-order chi connectivity index (χ1) is 12.6. The Morgan fingerprint density at radius 3 is 2.79 bits per heavy atom. The van der Waals surface area contributed by atoms with Crippen LogP contribution in [-0.2, 0) is 17.8 Å². The van der Waals surface area contributed by atoms with Crippen LogP contribution in [0.1, 0.15) is 44.2 Å². The molecule has 2 aromatic heterocycles. The summed E-state index contributed by atoms with van der Waals surface area (Å²) >= 11 is 6.41. The van der Waals surface area contributed by atoms with Crippen molar-refractivity contribution in [2.45, 2.75) is 57.5 Å². The number of pyridine rings is 1. The Kier molecular flexibility index (Phi) is 8.13. The lowest BCUT2D eigenvalue weighted by molar-refractivity contribution is -0.120. The van der Waals surface area contributed by atoms with E-state index >= 15 is 0 Å². The van der Waals surface area contributed by atoms with Gasteiger partial charge in [-0.2, -0.15) is 5.10 Å². The van der Waals surface area contributed by atoms with E-state index < -0.39 is 0 Å². The minimum absolute atomic E-state index is 0. The number of aromatic nitrogens is 3. The summed E-state index contributed by atoms with van der Waals surface area (Å²) in [5.41, 5.74) is 9.13. The highest BCUT2D eigenvalue weighted by atomic mass is 35.5. The number of aryl methyl sites for hydroxylation is 1. The zero-order valence-electron chi connectivity index (χ0n) is 15.6. The van der Waals surface area contributed by atoms with Gasteiger partial charge in [-0.3, -0.25) is 9.48 Å². The molecule has 1 fully saturated rings. The van der Waals surface area contributed by atoms with Crippen molar-refractivity contribution in [3.8, 4) is 11.1 Å². The number of fused-ring (bicyclic) bond motifs is 1. The predicted octanol–water partition coefficient (Wildman–Crippen LogP) is 4.23. The number of amides is 1. The molecule has 154 valence electrons. The van der Waals surface area contributed by atoms with E-state index in [4.69, 9.17) is 17.3 Å². The number of nitrogens with two attached hydrogens (primary N) is 1. The molecule has 3 N–H and O–H groups in total. The van der Waals surface area contributed by atoms with Gasteiger partial charge < -0.3 is 11.1 Å². The first-order valence-corrected chi connectivity index (χ1v) is 9.76. The molecule has 1 amide bonds. The smallest absolute Gasteiger partial charge is 0.228 e. The van der Waals surface area contributed by atoms with Gasteiger partial charge in [0.15, 0.2) is 0 Å². The normalized spacial score (nSPS) is 21.1. The van der Waals surface area contributed by atoms with Crippen molar-refractivity contribution in [3.63, 3.8) is 0 Å². The number of carbonyl (C=O) groups excluding carboxylic acids is 1. The number of nitrogens with one attached hydrogen (secondary N) is 1. The van der Waals surface area contributed by atoms with Gasteiger partial charge in [-0.1, -0.05) is 18.0 Å². The van der Waals surface area contributed by atoms with Gasteiger partial charge in [0.25, 0.3) is 0 Å². The Hall–Kier alpha value is -1.34. The molecule has 2 aromatic rings. The summed E-state index contributed by atoms with van der Waals surface area (Å²) in [6.07, 6.45) is 10.4. The zero-order valence-corrected chi connectivity index (χ0v) is 18.0. The monoisotopic (exact) mass is 445 g/mol. The van der Waals surface area contributed by atoms with Crippen molar-refractivity contribution in [1.29, 1.82) is 0 Å². The lowest BCUT2D eigenvalue weighted by atomic mass is 9.85. The maximum Gasteiger partial charge on any atom is 0.228 e. The number of hydrogen-bond donors (Lipinski definition) is 2. The molecule has 1 aliphatic heterocycles. The van der Waals surface area contributed by atoms with Gasteiger partial charge in [-0.25, -0.2) is 4.98 Å². The van der Waals surface area contributed by atoms with Crippen molar-refractivity contribution in [3.05, 3.63) is 29.2 Å². The van der Waals surface area contributed by atoms with Gasteiger partial charge in [0, 0.05) is 41.5 Å². The van der Waals surface area contributed by atoms with Crippen LogP contribution in [0.4, 0.5) is 5.82 Å². The Labute approximate surface area is 182 Å². The fourth-order valence-corrected chi connectivity index (χ4v) is 4.26. The summed E-state index contributed by atoms with van der Waals surface area (Å²) in [4.78, 5) is 16.9. The second kappa shape index (κ2) is 9.92. The van der Waals surface area contributed by atoms with Crippen LogP contribution in [0.5, 0.6) is 0 Å². The van der Waals surface area contributed by atoms with Gasteiger partial charge >= 0.3 is 0 Å². The van der Waals surface area contributed by atoms with Gasteiger partial charge in [0.05, 0.1) is 11.2 Å². The average molecular weight is 447 g/mol. The van der Waals surface area contributed by atoms with E-state index in [0.717, 1.165) is 62.6 Å². The van der Waals surface area contributed by atoms with Gasteiger partial charge in [-0.15, -0.1) is 24.8 Å². The van der Waals surface area contributed by atoms with Crippen LogP contribution in [-0.4, -0.2) is 26.7 Å². The lowest BCUT2D eigenvalue weighted by Gasteiger charge is -2.25. The third-order valence-electron chi connectivity index (χ3n) is 5.46. The molecule has 0 unspecified atom stereocenters. The minimum Gasteiger partial charge on any atom is -0.328 e. The van der Waals surface area contributed by atoms with E-state index in [1.165, 1.54) is 5.69 Å². The molecule has 1 saturated carbocycles. The summed E-state index contributed by atoms with van der Waals surface area (Å²) in [7, 11) is 0. The molecular formula is C19H26Cl3N5O. The fourth-order valence-electron chi connectivity index (χ4n) is 4.05. The molecule has 4 rings (SSSR count). The highest BCUT2D eigenvalue weighted by Gasteiger charge is 2.26. The van der Waals surface area contributed by atoms with E-state index in [1.54, 1.807) is 6.20 Å². The van der Waals surface area contributed by atoms with Crippen LogP contribution in [0.15, 0.2) is 18.5 Å². The number of rotatable bonds is 3. The number of hydrogen-bond acceptors (Lipinski definition) is 4. The van der Waals surface area contributed by atoms with E-state index in [9.17, 15) is 4.79 Å². The number of nitrogens with zero attached hydrogens (tertiary/aromatic N) is 3. The van der Waals surface area contributed by atoms with Crippen molar-refractivity contribution in [2.24, 2.45) is 11.7 Å². The quantitative estimate of drug-likeness (QED) is 0.738. The third kappa shape index (κ3) is 4.79. The number of anilines is 1. The molecule has 28 heavy (non-hydrogen) atoms. The molecular weight excluding hydrogens is 421 g/mol. The molecule has 0 spiro atoms. The molecule has 3 heterocycles. The van der Waals surface area contributed by atoms with Crippen molar-refractivity contribution in [1.82, 2.24) is 14.8 Å². The van der Waals surface area contributed by atoms with Crippen LogP contribution in [0.25, 0.3) is 11.1 Å². The average Bonchev–Trinajstić information content (AvgIpc) is 3.07. The van der Waals surface area contributed by atoms with E-state index in [1.807, 2.05) is 12.3 Å². The zero-order chi connectivity index (χ0) is 18.1. The molecule has 1 aliphatic carbocycles. The molecule has 0 saturated heterocycles. The van der Waals surface area contributed by atoms with E-state index in [0.29, 0.717) is 10.8 Å². The lowest BCUT2D eigenvalue weighted by Crippen LogP contribution is -2.34. The van der Waals surface area contributed by atoms with Crippen molar-refractivity contribution in [2.75, 3.05) is 5.32 Å². The fraction of sp³-hybridized carbons (Fsp3) is 0.526. The molecule has 9 heteroatoms. The highest BCUT2D eigenvalue weighted by molar-refractivity contribution is 6.33. The predicted molar refractivity (Wildman–Crippen MR) is 116 cm³/mol. The molecule has 2 atom stereocenters. The Morgan fingerprint density at radius 2 is 2.00 bits per heavy atom. The van der Waals surface area contributed by atoms with Crippen LogP contribution in [0, 0.1) is 5.92 Å². The highest BCUT2D eigenvalue weighted by Crippen LogP contribution is 2.34. The van der Waals surface area contributed by atoms with Crippen molar-refractivity contribution >= 4 is 48.1 Å². The van der Waals surface area contributed by atoms with Gasteiger partial charge in [0.1, 0.15) is 5.82 Å². The number of carbonyl (C=O) groups is 1. The molecule has 0 radical (unpaired) electrons. The minimum atomic E-state index is -0.0383. The summed E-state index contributed by atoms with van der Waals surface area (Å²) in [6, 6.07) is 1.97. The topological polar surface area (TPSA) is 85.8 Å². The summed E-state index contributed by atoms with van der Waals surface area (Å²) in [5, 5.41) is 8.01. The van der Waals surface area contributed by atoms with Crippen LogP contribution >= 0.6 is 36.4 Å². The van der Waals surface area contributed by atoms with Crippen LogP contribution in [0.2, 0.25) is 5.02 Å². The third-order valence-corrected chi connectivity index (χ3v) is 5.77. The molecule has 0 bridgehead atoms. The second-order valence-electron chi connectivity index (χ2n) is 7.35. The van der Waals surface area contributed by atoms with Gasteiger partial charge in [-0.05, 0) is 44.6 Å². The maximum absolute atomic E-state index is 12.6. The first-order valence-electron chi connectivity index (χ1n) is 9.39. The molecule has 6 nitrogen and oxygen atoms in total. The summed E-state index contributed by atoms with van der Waals surface area (Å²) in [5.74, 6) is 0.492. The second-order valence-corrected chi connectivity index (χ2v) is 7.75. The SMILES string of the molecule is Cl.Cl.N[C@@H]1CCC[C@H](C(=O)Nc2cc(-c3cnn4c3CCCC4)c(Cl)cn2)C1. The summed E-state index contributed by atoms with van der Waals surface area (Å²) < 4.78 is 2.05. The van der Waals surface area contributed by atoms with Gasteiger partial charge in [0.2, 0.25) is 5.91 Å². The maximum atomic E-state index is 12.6. The number of halogens is 3. The molecule has 2 aliphatic rings.